The number of rotatable bonds is 11. The fourth-order valence-corrected chi connectivity index (χ4v) is 3.91. The van der Waals surface area contributed by atoms with Crippen LogP contribution in [0.3, 0.4) is 0 Å². The topological polar surface area (TPSA) is 58.6 Å². The molecule has 0 saturated carbocycles. The van der Waals surface area contributed by atoms with Gasteiger partial charge >= 0.3 is 0 Å². The van der Waals surface area contributed by atoms with E-state index in [1.165, 1.54) is 0 Å². The molecule has 0 radical (unpaired) electrons. The van der Waals surface area contributed by atoms with Crippen LogP contribution < -0.4 is 10.1 Å². The Labute approximate surface area is 216 Å². The second kappa shape index (κ2) is 13.1. The van der Waals surface area contributed by atoms with Crippen molar-refractivity contribution in [2.45, 2.75) is 52.2 Å². The fraction of sp³-hybridized carbons (Fsp3) is 0.310. The van der Waals surface area contributed by atoms with Crippen LogP contribution in [-0.2, 0) is 22.6 Å². The van der Waals surface area contributed by atoms with Gasteiger partial charge in [0.25, 0.3) is 5.91 Å². The first-order valence-electron chi connectivity index (χ1n) is 11.9. The zero-order chi connectivity index (χ0) is 25.2. The van der Waals surface area contributed by atoms with E-state index < -0.39 is 6.04 Å². The van der Waals surface area contributed by atoms with E-state index in [4.69, 9.17) is 4.74 Å². The lowest BCUT2D eigenvalue weighted by atomic mass is 10.0. The van der Waals surface area contributed by atoms with Gasteiger partial charge in [-0.3, -0.25) is 9.59 Å². The molecule has 2 atom stereocenters. The van der Waals surface area contributed by atoms with Crippen LogP contribution in [0.4, 0.5) is 0 Å². The van der Waals surface area contributed by atoms with Gasteiger partial charge in [-0.1, -0.05) is 83.0 Å². The number of hydrogen-bond acceptors (Lipinski definition) is 3. The van der Waals surface area contributed by atoms with Crippen LogP contribution in [0.2, 0.25) is 0 Å². The molecule has 0 aliphatic rings. The molecule has 0 fully saturated rings. The summed E-state index contributed by atoms with van der Waals surface area (Å²) in [5.41, 5.74) is 3.09. The molecule has 3 aromatic carbocycles. The minimum Gasteiger partial charge on any atom is -0.484 e. The highest BCUT2D eigenvalue weighted by Crippen LogP contribution is 2.19. The number of carbonyl (C=O) groups is 2. The van der Waals surface area contributed by atoms with E-state index in [9.17, 15) is 9.59 Å². The summed E-state index contributed by atoms with van der Waals surface area (Å²) in [6.07, 6.45) is 1.22. The molecule has 0 saturated heterocycles. The monoisotopic (exact) mass is 536 g/mol. The lowest BCUT2D eigenvalue weighted by Crippen LogP contribution is -2.53. The van der Waals surface area contributed by atoms with Crippen LogP contribution in [-0.4, -0.2) is 35.4 Å². The van der Waals surface area contributed by atoms with Crippen LogP contribution in [0.1, 0.15) is 37.0 Å². The summed E-state index contributed by atoms with van der Waals surface area (Å²) in [5, 5.41) is 3.08. The Balaban J connectivity index is 1.89. The Bertz CT molecular complexity index is 1090. The van der Waals surface area contributed by atoms with Gasteiger partial charge in [0.2, 0.25) is 5.91 Å². The van der Waals surface area contributed by atoms with Crippen molar-refractivity contribution in [2.24, 2.45) is 0 Å². The second-order valence-electron chi connectivity index (χ2n) is 8.77. The maximum atomic E-state index is 13.6. The quantitative estimate of drug-likeness (QED) is 0.342. The molecule has 3 aromatic rings. The number of halogens is 1. The van der Waals surface area contributed by atoms with Gasteiger partial charge in [0.15, 0.2) is 6.61 Å². The van der Waals surface area contributed by atoms with Crippen molar-refractivity contribution in [3.63, 3.8) is 0 Å². The summed E-state index contributed by atoms with van der Waals surface area (Å²) in [5.74, 6) is 0.196. The van der Waals surface area contributed by atoms with Crippen LogP contribution >= 0.6 is 15.9 Å². The van der Waals surface area contributed by atoms with Crippen LogP contribution in [0.15, 0.2) is 83.3 Å². The van der Waals surface area contributed by atoms with Crippen molar-refractivity contribution in [1.29, 1.82) is 0 Å². The lowest BCUT2D eigenvalue weighted by Gasteiger charge is -2.32. The van der Waals surface area contributed by atoms with E-state index in [0.29, 0.717) is 18.7 Å². The summed E-state index contributed by atoms with van der Waals surface area (Å²) in [4.78, 5) is 28.7. The van der Waals surface area contributed by atoms with Gasteiger partial charge < -0.3 is 15.0 Å². The highest BCUT2D eigenvalue weighted by molar-refractivity contribution is 9.10. The fourth-order valence-electron chi connectivity index (χ4n) is 3.64. The molecule has 0 bridgehead atoms. The molecule has 1 N–H and O–H groups in total. The maximum Gasteiger partial charge on any atom is 0.261 e. The number of hydrogen-bond donors (Lipinski definition) is 1. The van der Waals surface area contributed by atoms with Crippen LogP contribution in [0, 0.1) is 6.92 Å². The normalized spacial score (nSPS) is 12.5. The molecule has 3 rings (SSSR count). The number of nitrogens with one attached hydrogen (secondary N) is 1. The Morgan fingerprint density at radius 3 is 2.23 bits per heavy atom. The Morgan fingerprint density at radius 1 is 0.943 bits per heavy atom. The molecular weight excluding hydrogens is 504 g/mol. The van der Waals surface area contributed by atoms with Gasteiger partial charge in [-0.15, -0.1) is 0 Å². The summed E-state index contributed by atoms with van der Waals surface area (Å²) in [6.45, 7) is 6.18. The Morgan fingerprint density at radius 2 is 1.60 bits per heavy atom. The molecule has 0 aromatic heterocycles. The molecule has 5 nitrogen and oxygen atoms in total. The van der Waals surface area contributed by atoms with Crippen LogP contribution in [0.5, 0.6) is 5.75 Å². The number of nitrogens with zero attached hydrogens (tertiary/aromatic N) is 1. The summed E-state index contributed by atoms with van der Waals surface area (Å²) < 4.78 is 6.73. The first kappa shape index (κ1) is 26.5. The van der Waals surface area contributed by atoms with Gasteiger partial charge in [0.05, 0.1) is 0 Å². The van der Waals surface area contributed by atoms with Gasteiger partial charge in [0, 0.05) is 23.5 Å². The minimum atomic E-state index is -0.672. The molecule has 0 aliphatic heterocycles. The van der Waals surface area contributed by atoms with E-state index in [-0.39, 0.29) is 24.5 Å². The molecule has 0 spiro atoms. The third-order valence-corrected chi connectivity index (χ3v) is 6.45. The zero-order valence-electron chi connectivity index (χ0n) is 20.5. The average molecular weight is 537 g/mol. The summed E-state index contributed by atoms with van der Waals surface area (Å²) >= 11 is 3.41. The molecule has 184 valence electrons. The number of amides is 2. The van der Waals surface area contributed by atoms with Crippen molar-refractivity contribution in [2.75, 3.05) is 6.61 Å². The minimum absolute atomic E-state index is 0.0103. The van der Waals surface area contributed by atoms with Crippen molar-refractivity contribution in [3.05, 3.63) is 100 Å². The third kappa shape index (κ3) is 8.25. The van der Waals surface area contributed by atoms with E-state index in [1.54, 1.807) is 17.0 Å². The first-order chi connectivity index (χ1) is 16.9. The number of carbonyl (C=O) groups excluding carboxylic acids is 2. The molecule has 2 unspecified atom stereocenters. The third-order valence-electron chi connectivity index (χ3n) is 5.92. The second-order valence-corrected chi connectivity index (χ2v) is 9.69. The SMILES string of the molecule is CCC(C)NC(=O)C(Cc1ccccc1)N(Cc1ccc(C)cc1)C(=O)COc1ccc(Br)cc1. The van der Waals surface area contributed by atoms with Crippen LogP contribution in [0.25, 0.3) is 0 Å². The summed E-state index contributed by atoms with van der Waals surface area (Å²) in [7, 11) is 0. The van der Waals surface area contributed by atoms with E-state index >= 15 is 0 Å². The molecule has 2 amide bonds. The van der Waals surface area contributed by atoms with Crippen molar-refractivity contribution in [1.82, 2.24) is 10.2 Å². The smallest absolute Gasteiger partial charge is 0.261 e. The number of benzene rings is 3. The Kier molecular flexibility index (Phi) is 9.91. The zero-order valence-corrected chi connectivity index (χ0v) is 22.1. The van der Waals surface area contributed by atoms with Crippen molar-refractivity contribution >= 4 is 27.7 Å². The highest BCUT2D eigenvalue weighted by Gasteiger charge is 2.31. The molecule has 6 heteroatoms. The van der Waals surface area contributed by atoms with E-state index in [0.717, 1.165) is 27.6 Å². The predicted molar refractivity (Wildman–Crippen MR) is 143 cm³/mol. The first-order valence-corrected chi connectivity index (χ1v) is 12.7. The van der Waals surface area contributed by atoms with E-state index in [1.807, 2.05) is 87.5 Å². The van der Waals surface area contributed by atoms with Gasteiger partial charge in [-0.05, 0) is 55.7 Å². The molecular formula is C29H33BrN2O3. The van der Waals surface area contributed by atoms with Gasteiger partial charge in [0.1, 0.15) is 11.8 Å². The number of aryl methyl sites for hydroxylation is 1. The lowest BCUT2D eigenvalue weighted by molar-refractivity contribution is -0.143. The Hall–Kier alpha value is -3.12. The van der Waals surface area contributed by atoms with Crippen molar-refractivity contribution in [3.8, 4) is 5.75 Å². The predicted octanol–water partition coefficient (Wildman–Crippen LogP) is 5.69. The highest BCUT2D eigenvalue weighted by atomic mass is 79.9. The summed E-state index contributed by atoms with van der Waals surface area (Å²) in [6, 6.07) is 24.5. The standard InChI is InChI=1S/C29H33BrN2O3/c1-4-22(3)31-29(34)27(18-23-8-6-5-7-9-23)32(19-24-12-10-21(2)11-13-24)28(33)20-35-26-16-14-25(30)15-17-26/h5-17,22,27H,4,18-20H2,1-3H3,(H,31,34). The van der Waals surface area contributed by atoms with Gasteiger partial charge in [-0.2, -0.15) is 0 Å². The van der Waals surface area contributed by atoms with Crippen molar-refractivity contribution < 1.29 is 14.3 Å². The number of ether oxygens (including phenoxy) is 1. The molecule has 0 aliphatic carbocycles. The average Bonchev–Trinajstić information content (AvgIpc) is 2.87. The molecule has 35 heavy (non-hydrogen) atoms. The van der Waals surface area contributed by atoms with Gasteiger partial charge in [-0.25, -0.2) is 0 Å². The largest absolute Gasteiger partial charge is 0.484 e. The maximum absolute atomic E-state index is 13.6. The van der Waals surface area contributed by atoms with E-state index in [2.05, 4.69) is 21.2 Å². The molecule has 0 heterocycles.